The third-order valence-electron chi connectivity index (χ3n) is 2.10. The molecule has 0 aromatic heterocycles. The molecule has 0 atom stereocenters. The molecular formula is C16H26O2. The van der Waals surface area contributed by atoms with Crippen LogP contribution in [0.2, 0.25) is 0 Å². The summed E-state index contributed by atoms with van der Waals surface area (Å²) in [5.74, 6) is -0.841. The predicted molar refractivity (Wildman–Crippen MR) is 77.7 cm³/mol. The van der Waals surface area contributed by atoms with Crippen LogP contribution in [-0.4, -0.2) is 11.1 Å². The molecule has 1 N–H and O–H groups in total. The van der Waals surface area contributed by atoms with Crippen LogP contribution in [-0.2, 0) is 4.79 Å². The summed E-state index contributed by atoms with van der Waals surface area (Å²) in [5.41, 5.74) is 0. The molecule has 0 saturated carbocycles. The SMILES string of the molecule is [2H]/C(CCCCCC(=O)O)=C(\[2H])C/C([2H])=C(/[2H])C/C([2H])=C(\[2H])CC. The van der Waals surface area contributed by atoms with Crippen molar-refractivity contribution in [3.8, 4) is 0 Å². The molecule has 0 bridgehead atoms. The van der Waals surface area contributed by atoms with E-state index in [-0.39, 0.29) is 55.6 Å². The van der Waals surface area contributed by atoms with Crippen LogP contribution in [0.15, 0.2) is 36.3 Å². The quantitative estimate of drug-likeness (QED) is 0.422. The van der Waals surface area contributed by atoms with Crippen molar-refractivity contribution in [3.63, 3.8) is 0 Å². The first kappa shape index (κ1) is 8.73. The fourth-order valence-electron chi connectivity index (χ4n) is 1.22. The number of carbonyl (C=O) groups is 1. The number of carboxylic acid groups (broad SMARTS) is 1. The van der Waals surface area contributed by atoms with Crippen molar-refractivity contribution in [2.75, 3.05) is 0 Å². The average molecular weight is 256 g/mol. The topological polar surface area (TPSA) is 37.3 Å². The smallest absolute Gasteiger partial charge is 0.303 e. The van der Waals surface area contributed by atoms with Gasteiger partial charge in [-0.25, -0.2) is 0 Å². The highest BCUT2D eigenvalue weighted by Crippen LogP contribution is 2.04. The van der Waals surface area contributed by atoms with Gasteiger partial charge in [0, 0.05) is 6.42 Å². The lowest BCUT2D eigenvalue weighted by Crippen LogP contribution is -1.93. The highest BCUT2D eigenvalue weighted by atomic mass is 16.4. The molecule has 0 amide bonds. The molecule has 0 spiro atoms. The van der Waals surface area contributed by atoms with Crippen LogP contribution < -0.4 is 0 Å². The third-order valence-corrected chi connectivity index (χ3v) is 2.10. The van der Waals surface area contributed by atoms with Crippen molar-refractivity contribution >= 4 is 5.97 Å². The number of rotatable bonds is 11. The number of hydrogen-bond donors (Lipinski definition) is 1. The minimum absolute atomic E-state index is 0.00675. The standard InChI is InChI=1S/C16H26O2/c1-2-3-4-5-6-7-8-9-10-11-12-13-14-15-16(17)18/h3-4,6-7,9-10H,2,5,8,11-15H2,1H3,(H,17,18)/b4-3+,7-6-,10-9-/i3D,4D,6D,7D,9D,10D. The Morgan fingerprint density at radius 2 is 1.61 bits per heavy atom. The second kappa shape index (κ2) is 13.8. The average Bonchev–Trinajstić information content (AvgIpc) is 2.52. The van der Waals surface area contributed by atoms with Gasteiger partial charge in [-0.3, -0.25) is 4.79 Å². The highest BCUT2D eigenvalue weighted by Gasteiger charge is 1.94. The molecule has 0 fully saturated rings. The predicted octanol–water partition coefficient (Wildman–Crippen LogP) is 4.88. The maximum absolute atomic E-state index is 10.4. The Morgan fingerprint density at radius 1 is 1.00 bits per heavy atom. The first-order chi connectivity index (χ1) is 11.2. The summed E-state index contributed by atoms with van der Waals surface area (Å²) >= 11 is 0. The third kappa shape index (κ3) is 14.7. The molecule has 0 rings (SSSR count). The van der Waals surface area contributed by atoms with Gasteiger partial charge in [-0.05, 0) is 38.5 Å². The van der Waals surface area contributed by atoms with Gasteiger partial charge in [0.1, 0.15) is 0 Å². The van der Waals surface area contributed by atoms with Gasteiger partial charge in [0.25, 0.3) is 0 Å². The van der Waals surface area contributed by atoms with Gasteiger partial charge >= 0.3 is 5.97 Å². The van der Waals surface area contributed by atoms with E-state index in [9.17, 15) is 4.79 Å². The summed E-state index contributed by atoms with van der Waals surface area (Å²) in [6, 6.07) is 0.00448. The Hall–Kier alpha value is -1.31. The Kier molecular flexibility index (Phi) is 6.67. The van der Waals surface area contributed by atoms with E-state index in [0.717, 1.165) is 0 Å². The number of carboxylic acids is 1. The van der Waals surface area contributed by atoms with Crippen molar-refractivity contribution in [2.24, 2.45) is 0 Å². The first-order valence-electron chi connectivity index (χ1n) is 9.36. The summed E-state index contributed by atoms with van der Waals surface area (Å²) in [6.45, 7) is 1.75. The zero-order valence-electron chi connectivity index (χ0n) is 17.0. The van der Waals surface area contributed by atoms with E-state index >= 15 is 0 Å². The molecule has 18 heavy (non-hydrogen) atoms. The summed E-state index contributed by atoms with van der Waals surface area (Å²) in [7, 11) is 0. The monoisotopic (exact) mass is 256 g/mol. The van der Waals surface area contributed by atoms with Gasteiger partial charge in [0.15, 0.2) is 0 Å². The van der Waals surface area contributed by atoms with Crippen LogP contribution in [0.4, 0.5) is 0 Å². The van der Waals surface area contributed by atoms with Gasteiger partial charge in [0.05, 0.1) is 8.22 Å². The second-order valence-corrected chi connectivity index (χ2v) is 3.72. The summed E-state index contributed by atoms with van der Waals surface area (Å²) in [5, 5.41) is 8.53. The largest absolute Gasteiger partial charge is 0.481 e. The maximum Gasteiger partial charge on any atom is 0.303 e. The molecule has 2 heteroatoms. The molecule has 102 valence electrons. The fraction of sp³-hybridized carbons (Fsp3) is 0.562. The molecule has 0 aliphatic rings. The Balaban J connectivity index is 4.56. The van der Waals surface area contributed by atoms with Gasteiger partial charge < -0.3 is 5.11 Å². The number of allylic oxidation sites excluding steroid dienone is 6. The molecule has 2 nitrogen and oxygen atoms in total. The van der Waals surface area contributed by atoms with E-state index < -0.39 is 5.97 Å². The van der Waals surface area contributed by atoms with Crippen molar-refractivity contribution < 1.29 is 18.1 Å². The lowest BCUT2D eigenvalue weighted by Gasteiger charge is -1.94. The first-order valence-corrected chi connectivity index (χ1v) is 6.36. The van der Waals surface area contributed by atoms with Crippen LogP contribution in [0.3, 0.4) is 0 Å². The zero-order valence-corrected chi connectivity index (χ0v) is 11.0. The Bertz CT molecular complexity index is 523. The molecule has 0 aliphatic heterocycles. The molecule has 0 heterocycles. The minimum atomic E-state index is -0.841. The maximum atomic E-state index is 10.4. The molecule has 0 aromatic carbocycles. The number of unbranched alkanes of at least 4 members (excludes halogenated alkanes) is 2. The summed E-state index contributed by atoms with van der Waals surface area (Å²) in [4.78, 5) is 10.4. The van der Waals surface area contributed by atoms with Gasteiger partial charge in [-0.15, -0.1) is 0 Å². The van der Waals surface area contributed by atoms with Gasteiger partial charge in [-0.2, -0.15) is 0 Å². The van der Waals surface area contributed by atoms with Crippen LogP contribution in [0.1, 0.15) is 66.5 Å². The molecule has 0 radical (unpaired) electrons. The summed E-state index contributed by atoms with van der Waals surface area (Å²) < 4.78 is 46.4. The van der Waals surface area contributed by atoms with Crippen molar-refractivity contribution in [1.29, 1.82) is 0 Å². The number of aliphatic carboxylic acids is 1. The molecule has 0 aromatic rings. The van der Waals surface area contributed by atoms with E-state index in [1.807, 2.05) is 0 Å². The molecular weight excluding hydrogens is 224 g/mol. The zero-order chi connectivity index (χ0) is 18.7. The molecule has 0 saturated heterocycles. The Labute approximate surface area is 120 Å². The van der Waals surface area contributed by atoms with Crippen molar-refractivity contribution in [2.45, 2.75) is 58.3 Å². The lowest BCUT2D eigenvalue weighted by atomic mass is 10.1. The van der Waals surface area contributed by atoms with Crippen molar-refractivity contribution in [3.05, 3.63) is 36.3 Å². The van der Waals surface area contributed by atoms with Crippen LogP contribution in [0, 0.1) is 0 Å². The fourth-order valence-corrected chi connectivity index (χ4v) is 1.22. The Morgan fingerprint density at radius 3 is 2.22 bits per heavy atom. The van der Waals surface area contributed by atoms with Crippen LogP contribution in [0.5, 0.6) is 0 Å². The van der Waals surface area contributed by atoms with E-state index in [4.69, 9.17) is 13.3 Å². The molecule has 0 aliphatic carbocycles. The lowest BCUT2D eigenvalue weighted by molar-refractivity contribution is -0.137. The second-order valence-electron chi connectivity index (χ2n) is 3.72. The van der Waals surface area contributed by atoms with Gasteiger partial charge in [0.2, 0.25) is 0 Å². The highest BCUT2D eigenvalue weighted by molar-refractivity contribution is 5.66. The van der Waals surface area contributed by atoms with E-state index in [1.165, 1.54) is 0 Å². The molecule has 0 unspecified atom stereocenters. The van der Waals surface area contributed by atoms with E-state index in [1.54, 1.807) is 6.92 Å². The number of hydrogen-bond acceptors (Lipinski definition) is 1. The van der Waals surface area contributed by atoms with Crippen LogP contribution >= 0.6 is 0 Å². The minimum Gasteiger partial charge on any atom is -0.481 e. The van der Waals surface area contributed by atoms with Crippen molar-refractivity contribution in [1.82, 2.24) is 0 Å². The van der Waals surface area contributed by atoms with Crippen LogP contribution in [0.25, 0.3) is 0 Å². The van der Waals surface area contributed by atoms with E-state index in [0.29, 0.717) is 32.1 Å². The van der Waals surface area contributed by atoms with Gasteiger partial charge in [-0.1, -0.05) is 49.7 Å². The summed E-state index contributed by atoms with van der Waals surface area (Å²) in [6.07, 6.45) is 2.48. The normalized spacial score (nSPS) is 20.1. The van der Waals surface area contributed by atoms with E-state index in [2.05, 4.69) is 0 Å².